The van der Waals surface area contributed by atoms with E-state index >= 15 is 0 Å². The highest BCUT2D eigenvalue weighted by Gasteiger charge is 2.71. The minimum atomic E-state index is -1.15. The van der Waals surface area contributed by atoms with Gasteiger partial charge in [-0.1, -0.05) is 29.8 Å². The summed E-state index contributed by atoms with van der Waals surface area (Å²) in [5, 5.41) is 3.33. The first-order valence-corrected chi connectivity index (χ1v) is 8.71. The predicted molar refractivity (Wildman–Crippen MR) is 95.9 cm³/mol. The van der Waals surface area contributed by atoms with E-state index in [0.717, 1.165) is 0 Å². The van der Waals surface area contributed by atoms with Gasteiger partial charge in [-0.2, -0.15) is 0 Å². The van der Waals surface area contributed by atoms with Gasteiger partial charge < -0.3 is 11.1 Å². The molecule has 2 bridgehead atoms. The van der Waals surface area contributed by atoms with Gasteiger partial charge in [-0.3, -0.25) is 14.6 Å². The van der Waals surface area contributed by atoms with Gasteiger partial charge in [0.1, 0.15) is 11.4 Å². The molecule has 3 N–H and O–H groups in total. The van der Waals surface area contributed by atoms with Gasteiger partial charge in [0.05, 0.1) is 6.42 Å². The van der Waals surface area contributed by atoms with E-state index in [-0.39, 0.29) is 18.0 Å². The van der Waals surface area contributed by atoms with Crippen LogP contribution in [-0.4, -0.2) is 22.5 Å². The number of hydrogen-bond acceptors (Lipinski definition) is 3. The maximum atomic E-state index is 14.0. The van der Waals surface area contributed by atoms with E-state index in [4.69, 9.17) is 17.3 Å². The van der Waals surface area contributed by atoms with E-state index in [9.17, 15) is 14.0 Å². The van der Waals surface area contributed by atoms with Crippen LogP contribution >= 0.6 is 11.6 Å². The maximum Gasteiger partial charge on any atom is 0.267 e. The van der Waals surface area contributed by atoms with Gasteiger partial charge in [-0.15, -0.1) is 0 Å². The van der Waals surface area contributed by atoms with Crippen molar-refractivity contribution in [2.45, 2.75) is 36.8 Å². The Balaban J connectivity index is 1.63. The monoisotopic (exact) mass is 373 g/mol. The van der Waals surface area contributed by atoms with Crippen LogP contribution in [0.4, 0.5) is 10.1 Å². The zero-order valence-electron chi connectivity index (χ0n) is 13.9. The van der Waals surface area contributed by atoms with E-state index in [1.807, 2.05) is 0 Å². The third-order valence-corrected chi connectivity index (χ3v) is 5.63. The number of nitrogens with two attached hydrogens (primary N) is 1. The molecule has 1 aromatic heterocycles. The highest BCUT2D eigenvalue weighted by Crippen LogP contribution is 2.71. The van der Waals surface area contributed by atoms with E-state index in [2.05, 4.69) is 10.3 Å². The van der Waals surface area contributed by atoms with Crippen LogP contribution in [0.2, 0.25) is 5.02 Å². The van der Waals surface area contributed by atoms with Gasteiger partial charge in [0.15, 0.2) is 0 Å². The number of amides is 2. The molecule has 3 saturated carbocycles. The molecule has 0 radical (unpaired) electrons. The number of carbonyl (C=O) groups is 2. The van der Waals surface area contributed by atoms with Crippen molar-refractivity contribution in [2.75, 3.05) is 5.32 Å². The number of benzene rings is 1. The number of halogens is 2. The largest absolute Gasteiger partial charge is 0.364 e. The third kappa shape index (κ3) is 2.65. The molecule has 0 saturated heterocycles. The van der Waals surface area contributed by atoms with Crippen LogP contribution < -0.4 is 11.1 Å². The SMILES string of the molecule is NC(=O)c1nccc(NC(=O)Cc2ccccc2Cl)c1C12CC(F)(C1)C2. The fourth-order valence-corrected chi connectivity index (χ4v) is 4.43. The lowest BCUT2D eigenvalue weighted by atomic mass is 9.40. The Morgan fingerprint density at radius 3 is 2.54 bits per heavy atom. The quantitative estimate of drug-likeness (QED) is 0.844. The second kappa shape index (κ2) is 5.77. The molecular weight excluding hydrogens is 357 g/mol. The summed E-state index contributed by atoms with van der Waals surface area (Å²) in [5.41, 5.74) is 5.67. The average Bonchev–Trinajstić information content (AvgIpc) is 2.53. The first-order valence-electron chi connectivity index (χ1n) is 8.33. The van der Waals surface area contributed by atoms with Gasteiger partial charge in [0.2, 0.25) is 5.91 Å². The Morgan fingerprint density at radius 1 is 1.23 bits per heavy atom. The van der Waals surface area contributed by atoms with E-state index in [1.165, 1.54) is 6.20 Å². The number of alkyl halides is 1. The first-order chi connectivity index (χ1) is 12.3. The number of pyridine rings is 1. The van der Waals surface area contributed by atoms with Crippen LogP contribution in [0, 0.1) is 0 Å². The van der Waals surface area contributed by atoms with Crippen molar-refractivity contribution in [3.8, 4) is 0 Å². The standard InChI is InChI=1S/C19H17ClFN3O2/c20-12-4-2-1-3-11(12)7-14(25)24-13-5-6-23-16(17(22)26)15(13)18-8-19(21,9-18)10-18/h1-6H,7-10H2,(H2,22,26)(H,23,24,25). The number of aromatic nitrogens is 1. The normalized spacial score (nSPS) is 25.8. The summed E-state index contributed by atoms with van der Waals surface area (Å²) in [6, 6.07) is 8.71. The lowest BCUT2D eigenvalue weighted by molar-refractivity contribution is -0.158. The molecule has 26 heavy (non-hydrogen) atoms. The minimum absolute atomic E-state index is 0.0907. The van der Waals surface area contributed by atoms with Crippen molar-refractivity contribution in [1.82, 2.24) is 4.98 Å². The van der Waals surface area contributed by atoms with Crippen LogP contribution in [0.3, 0.4) is 0 Å². The highest BCUT2D eigenvalue weighted by atomic mass is 35.5. The summed E-state index contributed by atoms with van der Waals surface area (Å²) < 4.78 is 14.0. The average molecular weight is 374 g/mol. The Hall–Kier alpha value is -2.47. The summed E-state index contributed by atoms with van der Waals surface area (Å²) in [6.07, 6.45) is 2.51. The molecule has 2 amide bonds. The molecule has 1 heterocycles. The number of carbonyl (C=O) groups excluding carboxylic acids is 2. The van der Waals surface area contributed by atoms with Crippen LogP contribution in [0.5, 0.6) is 0 Å². The Labute approximate surface area is 154 Å². The zero-order valence-corrected chi connectivity index (χ0v) is 14.6. The molecule has 134 valence electrons. The minimum Gasteiger partial charge on any atom is -0.364 e. The van der Waals surface area contributed by atoms with E-state index < -0.39 is 17.0 Å². The van der Waals surface area contributed by atoms with Crippen LogP contribution in [0.25, 0.3) is 0 Å². The molecule has 0 atom stereocenters. The smallest absolute Gasteiger partial charge is 0.267 e. The summed E-state index contributed by atoms with van der Waals surface area (Å²) in [6.45, 7) is 0. The first kappa shape index (κ1) is 17.0. The Kier molecular flexibility index (Phi) is 3.77. The molecule has 0 aliphatic heterocycles. The molecule has 3 aliphatic carbocycles. The molecule has 0 unspecified atom stereocenters. The molecule has 5 rings (SSSR count). The lowest BCUT2D eigenvalue weighted by Gasteiger charge is -2.66. The zero-order chi connectivity index (χ0) is 18.5. The Morgan fingerprint density at radius 2 is 1.92 bits per heavy atom. The van der Waals surface area contributed by atoms with Crippen LogP contribution in [0.15, 0.2) is 36.5 Å². The van der Waals surface area contributed by atoms with Gasteiger partial charge in [0, 0.05) is 27.9 Å². The van der Waals surface area contributed by atoms with Gasteiger partial charge in [-0.05, 0) is 37.0 Å². The fourth-order valence-electron chi connectivity index (χ4n) is 4.23. The predicted octanol–water partition coefficient (Wildman–Crippen LogP) is 3.16. The highest BCUT2D eigenvalue weighted by molar-refractivity contribution is 6.31. The second-order valence-electron chi connectivity index (χ2n) is 7.22. The number of hydrogen-bond donors (Lipinski definition) is 2. The number of nitrogens with one attached hydrogen (secondary N) is 1. The third-order valence-electron chi connectivity index (χ3n) is 5.26. The molecule has 3 fully saturated rings. The van der Waals surface area contributed by atoms with Gasteiger partial charge in [0.25, 0.3) is 5.91 Å². The second-order valence-corrected chi connectivity index (χ2v) is 7.63. The number of anilines is 1. The number of primary amides is 1. The van der Waals surface area contributed by atoms with Gasteiger partial charge in [-0.25, -0.2) is 4.39 Å². The fraction of sp³-hybridized carbons (Fsp3) is 0.316. The summed E-state index contributed by atoms with van der Waals surface area (Å²) in [7, 11) is 0. The van der Waals surface area contributed by atoms with Crippen molar-refractivity contribution >= 4 is 29.1 Å². The number of rotatable bonds is 5. The van der Waals surface area contributed by atoms with Crippen LogP contribution in [-0.2, 0) is 16.6 Å². The molecular formula is C19H17ClFN3O2. The lowest BCUT2D eigenvalue weighted by Crippen LogP contribution is -2.67. The summed E-state index contributed by atoms with van der Waals surface area (Å²) in [5.74, 6) is -0.956. The summed E-state index contributed by atoms with van der Waals surface area (Å²) in [4.78, 5) is 28.4. The molecule has 0 spiro atoms. The molecule has 2 aromatic rings. The van der Waals surface area contributed by atoms with E-state index in [1.54, 1.807) is 30.3 Å². The topological polar surface area (TPSA) is 85.1 Å². The Bertz CT molecular complexity index is 911. The molecule has 5 nitrogen and oxygen atoms in total. The van der Waals surface area contributed by atoms with Crippen molar-refractivity contribution in [1.29, 1.82) is 0 Å². The summed E-state index contributed by atoms with van der Waals surface area (Å²) >= 11 is 6.10. The maximum absolute atomic E-state index is 14.0. The molecule has 7 heteroatoms. The van der Waals surface area contributed by atoms with Crippen molar-refractivity contribution in [3.05, 3.63) is 58.4 Å². The molecule has 1 aromatic carbocycles. The van der Waals surface area contributed by atoms with Gasteiger partial charge >= 0.3 is 0 Å². The number of nitrogens with zero attached hydrogens (tertiary/aromatic N) is 1. The van der Waals surface area contributed by atoms with Crippen molar-refractivity contribution < 1.29 is 14.0 Å². The van der Waals surface area contributed by atoms with E-state index in [0.29, 0.717) is 41.1 Å². The van der Waals surface area contributed by atoms with Crippen molar-refractivity contribution in [3.63, 3.8) is 0 Å². The van der Waals surface area contributed by atoms with Crippen LogP contribution in [0.1, 0.15) is 40.9 Å². The van der Waals surface area contributed by atoms with Crippen molar-refractivity contribution in [2.24, 2.45) is 5.73 Å². The molecule has 3 aliphatic rings.